The lowest BCUT2D eigenvalue weighted by molar-refractivity contribution is 0.0977. The molecule has 0 spiro atoms. The number of H-pyrrole nitrogens is 1. The van der Waals surface area contributed by atoms with Crippen molar-refractivity contribution in [1.29, 1.82) is 0 Å². The molecule has 0 aliphatic rings. The molecular formula is C19H20N2O3. The second-order valence-corrected chi connectivity index (χ2v) is 5.54. The molecule has 3 aromatic rings. The van der Waals surface area contributed by atoms with Crippen molar-refractivity contribution in [3.8, 4) is 11.5 Å². The topological polar surface area (TPSA) is 63.3 Å². The highest BCUT2D eigenvalue weighted by atomic mass is 16.5. The van der Waals surface area contributed by atoms with E-state index in [0.29, 0.717) is 17.1 Å². The molecule has 2 N–H and O–H groups in total. The number of aromatic nitrogens is 1. The van der Waals surface area contributed by atoms with Crippen molar-refractivity contribution < 1.29 is 14.3 Å². The van der Waals surface area contributed by atoms with E-state index in [1.54, 1.807) is 26.5 Å². The number of carbonyl (C=O) groups excluding carboxylic acids is 1. The predicted molar refractivity (Wildman–Crippen MR) is 95.3 cm³/mol. The van der Waals surface area contributed by atoms with E-state index in [1.165, 1.54) is 0 Å². The first-order valence-electron chi connectivity index (χ1n) is 7.73. The van der Waals surface area contributed by atoms with Gasteiger partial charge in [0.15, 0.2) is 5.78 Å². The average molecular weight is 324 g/mol. The fourth-order valence-electron chi connectivity index (χ4n) is 2.73. The first-order valence-corrected chi connectivity index (χ1v) is 7.73. The second kappa shape index (κ2) is 6.66. The molecule has 0 aliphatic heterocycles. The molecule has 0 bridgehead atoms. The molecule has 2 aromatic carbocycles. The van der Waals surface area contributed by atoms with Gasteiger partial charge < -0.3 is 19.8 Å². The third-order valence-electron chi connectivity index (χ3n) is 4.03. The number of methoxy groups -OCH3 is 2. The van der Waals surface area contributed by atoms with Crippen LogP contribution in [0.2, 0.25) is 0 Å². The largest absolute Gasteiger partial charge is 0.497 e. The number of hydrogen-bond acceptors (Lipinski definition) is 4. The molecule has 1 aromatic heterocycles. The molecule has 5 heteroatoms. The van der Waals surface area contributed by atoms with E-state index >= 15 is 0 Å². The van der Waals surface area contributed by atoms with Gasteiger partial charge in [-0.25, -0.2) is 0 Å². The Morgan fingerprint density at radius 3 is 2.67 bits per heavy atom. The molecule has 0 radical (unpaired) electrons. The number of aromatic amines is 1. The van der Waals surface area contributed by atoms with Crippen molar-refractivity contribution in [3.05, 3.63) is 54.2 Å². The van der Waals surface area contributed by atoms with Crippen LogP contribution in [0.15, 0.2) is 48.7 Å². The summed E-state index contributed by atoms with van der Waals surface area (Å²) in [5.74, 6) is 1.35. The number of nitrogens with one attached hydrogen (secondary N) is 2. The Kier molecular flexibility index (Phi) is 4.42. The number of Topliss-reactive ketones (excluding diaryl/α,β-unsaturated/α-hetero) is 1. The number of hydrogen-bond donors (Lipinski definition) is 2. The third kappa shape index (κ3) is 2.93. The van der Waals surface area contributed by atoms with Crippen molar-refractivity contribution in [2.45, 2.75) is 13.0 Å². The number of rotatable bonds is 6. The summed E-state index contributed by atoms with van der Waals surface area (Å²) >= 11 is 0. The van der Waals surface area contributed by atoms with Crippen molar-refractivity contribution in [2.24, 2.45) is 0 Å². The predicted octanol–water partition coefficient (Wildman–Crippen LogP) is 3.87. The Hall–Kier alpha value is -2.95. The zero-order chi connectivity index (χ0) is 17.1. The van der Waals surface area contributed by atoms with Crippen LogP contribution in [0, 0.1) is 0 Å². The van der Waals surface area contributed by atoms with Gasteiger partial charge in [-0.1, -0.05) is 18.2 Å². The van der Waals surface area contributed by atoms with E-state index in [0.717, 1.165) is 16.6 Å². The van der Waals surface area contributed by atoms with Gasteiger partial charge in [0, 0.05) is 28.7 Å². The SMILES string of the molecule is COc1ccc(NC(C)C(=O)c2c[nH]c3ccccc23)c(OC)c1. The van der Waals surface area contributed by atoms with Crippen LogP contribution in [0.3, 0.4) is 0 Å². The molecule has 1 atom stereocenters. The highest BCUT2D eigenvalue weighted by Crippen LogP contribution is 2.30. The number of carbonyl (C=O) groups is 1. The first-order chi connectivity index (χ1) is 11.6. The summed E-state index contributed by atoms with van der Waals surface area (Å²) in [5.41, 5.74) is 2.38. The van der Waals surface area contributed by atoms with Crippen LogP contribution in [0.4, 0.5) is 5.69 Å². The maximum Gasteiger partial charge on any atom is 0.186 e. The molecule has 1 unspecified atom stereocenters. The van der Waals surface area contributed by atoms with Crippen molar-refractivity contribution >= 4 is 22.4 Å². The van der Waals surface area contributed by atoms with Crippen LogP contribution < -0.4 is 14.8 Å². The Labute approximate surface area is 140 Å². The van der Waals surface area contributed by atoms with Gasteiger partial charge in [0.1, 0.15) is 11.5 Å². The quantitative estimate of drug-likeness (QED) is 0.676. The number of fused-ring (bicyclic) bond motifs is 1. The van der Waals surface area contributed by atoms with Gasteiger partial charge in [-0.3, -0.25) is 4.79 Å². The van der Waals surface area contributed by atoms with Crippen LogP contribution in [-0.2, 0) is 0 Å². The van der Waals surface area contributed by atoms with Crippen molar-refractivity contribution in [2.75, 3.05) is 19.5 Å². The highest BCUT2D eigenvalue weighted by Gasteiger charge is 2.19. The summed E-state index contributed by atoms with van der Waals surface area (Å²) in [7, 11) is 3.19. The summed E-state index contributed by atoms with van der Waals surface area (Å²) in [6, 6.07) is 12.8. The first kappa shape index (κ1) is 15.9. The van der Waals surface area contributed by atoms with Crippen LogP contribution in [0.5, 0.6) is 11.5 Å². The summed E-state index contributed by atoms with van der Waals surface area (Å²) in [5, 5.41) is 4.15. The molecule has 0 saturated heterocycles. The third-order valence-corrected chi connectivity index (χ3v) is 4.03. The van der Waals surface area contributed by atoms with E-state index in [2.05, 4.69) is 10.3 Å². The molecule has 124 valence electrons. The molecule has 3 rings (SSSR count). The van der Waals surface area contributed by atoms with E-state index in [-0.39, 0.29) is 5.78 Å². The van der Waals surface area contributed by atoms with Gasteiger partial charge in [0.2, 0.25) is 0 Å². The minimum atomic E-state index is -0.397. The lowest BCUT2D eigenvalue weighted by Gasteiger charge is -2.17. The minimum absolute atomic E-state index is 0.0188. The molecule has 1 heterocycles. The molecule has 5 nitrogen and oxygen atoms in total. The standard InChI is InChI=1S/C19H20N2O3/c1-12(21-17-9-8-13(23-2)10-18(17)24-3)19(22)15-11-20-16-7-5-4-6-14(15)16/h4-12,20-21H,1-3H3. The molecule has 0 aliphatic carbocycles. The van der Waals surface area contributed by atoms with Crippen LogP contribution in [-0.4, -0.2) is 31.0 Å². The maximum atomic E-state index is 12.8. The molecule has 0 saturated carbocycles. The van der Waals surface area contributed by atoms with Crippen molar-refractivity contribution in [1.82, 2.24) is 4.98 Å². The van der Waals surface area contributed by atoms with E-state index in [9.17, 15) is 4.79 Å². The Morgan fingerprint density at radius 1 is 1.12 bits per heavy atom. The van der Waals surface area contributed by atoms with E-state index in [4.69, 9.17) is 9.47 Å². The van der Waals surface area contributed by atoms with Gasteiger partial charge in [-0.15, -0.1) is 0 Å². The highest BCUT2D eigenvalue weighted by molar-refractivity contribution is 6.11. The number of ether oxygens (including phenoxy) is 2. The monoisotopic (exact) mass is 324 g/mol. The molecule has 0 fully saturated rings. The van der Waals surface area contributed by atoms with Crippen LogP contribution in [0.1, 0.15) is 17.3 Å². The van der Waals surface area contributed by atoms with Gasteiger partial charge in [-0.2, -0.15) is 0 Å². The van der Waals surface area contributed by atoms with Gasteiger partial charge in [0.05, 0.1) is 25.9 Å². The smallest absolute Gasteiger partial charge is 0.186 e. The number of anilines is 1. The average Bonchev–Trinajstić information content (AvgIpc) is 3.05. The number of benzene rings is 2. The Bertz CT molecular complexity index is 870. The number of para-hydroxylation sites is 1. The van der Waals surface area contributed by atoms with Crippen molar-refractivity contribution in [3.63, 3.8) is 0 Å². The molecular weight excluding hydrogens is 304 g/mol. The Balaban J connectivity index is 1.84. The van der Waals surface area contributed by atoms with Gasteiger partial charge in [-0.05, 0) is 25.1 Å². The van der Waals surface area contributed by atoms with Crippen LogP contribution >= 0.6 is 0 Å². The fourth-order valence-corrected chi connectivity index (χ4v) is 2.73. The summed E-state index contributed by atoms with van der Waals surface area (Å²) < 4.78 is 10.6. The normalized spacial score (nSPS) is 12.0. The van der Waals surface area contributed by atoms with Gasteiger partial charge in [0.25, 0.3) is 0 Å². The lowest BCUT2D eigenvalue weighted by atomic mass is 10.0. The summed E-state index contributed by atoms with van der Waals surface area (Å²) in [6.45, 7) is 1.84. The second-order valence-electron chi connectivity index (χ2n) is 5.54. The lowest BCUT2D eigenvalue weighted by Crippen LogP contribution is -2.26. The Morgan fingerprint density at radius 2 is 1.92 bits per heavy atom. The molecule has 24 heavy (non-hydrogen) atoms. The zero-order valence-corrected chi connectivity index (χ0v) is 13.9. The van der Waals surface area contributed by atoms with Gasteiger partial charge >= 0.3 is 0 Å². The summed E-state index contributed by atoms with van der Waals surface area (Å²) in [4.78, 5) is 15.9. The zero-order valence-electron chi connectivity index (χ0n) is 13.9. The van der Waals surface area contributed by atoms with E-state index in [1.807, 2.05) is 43.3 Å². The summed E-state index contributed by atoms with van der Waals surface area (Å²) in [6.07, 6.45) is 1.76. The minimum Gasteiger partial charge on any atom is -0.497 e. The fraction of sp³-hybridized carbons (Fsp3) is 0.211. The number of ketones is 1. The van der Waals surface area contributed by atoms with Crippen LogP contribution in [0.25, 0.3) is 10.9 Å². The van der Waals surface area contributed by atoms with E-state index < -0.39 is 6.04 Å². The molecule has 0 amide bonds. The maximum absolute atomic E-state index is 12.8.